The molecule has 15 heavy (non-hydrogen) atoms. The van der Waals surface area contributed by atoms with Crippen LogP contribution in [-0.4, -0.2) is 45.8 Å². The van der Waals surface area contributed by atoms with Gasteiger partial charge in [0.15, 0.2) is 0 Å². The van der Waals surface area contributed by atoms with Crippen molar-refractivity contribution in [2.45, 2.75) is 11.1 Å². The Balaban J connectivity index is 2.66. The maximum absolute atomic E-state index is 9.15. The number of methoxy groups -OCH3 is 1. The van der Waals surface area contributed by atoms with Gasteiger partial charge in [-0.2, -0.15) is 4.98 Å². The molecule has 1 heterocycles. The number of aromatic nitrogens is 2. The summed E-state index contributed by atoms with van der Waals surface area (Å²) in [6.07, 6.45) is 0.646. The van der Waals surface area contributed by atoms with Gasteiger partial charge in [-0.1, -0.05) is 11.6 Å². The molecule has 2 N–H and O–H groups in total. The lowest BCUT2D eigenvalue weighted by Crippen LogP contribution is -2.14. The van der Waals surface area contributed by atoms with Gasteiger partial charge in [-0.25, -0.2) is 4.98 Å². The lowest BCUT2D eigenvalue weighted by molar-refractivity contribution is 0.113. The van der Waals surface area contributed by atoms with Crippen molar-refractivity contribution in [3.63, 3.8) is 0 Å². The van der Waals surface area contributed by atoms with E-state index >= 15 is 0 Å². The fraction of sp³-hybridized carbons (Fsp3) is 0.500. The summed E-state index contributed by atoms with van der Waals surface area (Å²) in [7, 11) is 1.46. The molecule has 0 amide bonds. The van der Waals surface area contributed by atoms with Crippen LogP contribution in [-0.2, 0) is 0 Å². The van der Waals surface area contributed by atoms with Crippen LogP contribution in [0.15, 0.2) is 11.2 Å². The third kappa shape index (κ3) is 3.83. The normalized spacial score (nSPS) is 12.5. The SMILES string of the molecule is COc1ncc(Cl)c(SCC(O)CO)n1. The predicted molar refractivity (Wildman–Crippen MR) is 57.4 cm³/mol. The van der Waals surface area contributed by atoms with Crippen LogP contribution in [0, 0.1) is 0 Å². The van der Waals surface area contributed by atoms with Gasteiger partial charge in [-0.15, -0.1) is 11.8 Å². The van der Waals surface area contributed by atoms with E-state index in [0.29, 0.717) is 15.8 Å². The summed E-state index contributed by atoms with van der Waals surface area (Å²) in [4.78, 5) is 7.82. The lowest BCUT2D eigenvalue weighted by Gasteiger charge is -2.07. The molecule has 0 saturated heterocycles. The minimum absolute atomic E-state index is 0.223. The van der Waals surface area contributed by atoms with E-state index in [2.05, 4.69) is 9.97 Å². The first-order valence-corrected chi connectivity index (χ1v) is 5.52. The van der Waals surface area contributed by atoms with Gasteiger partial charge >= 0.3 is 6.01 Å². The third-order valence-electron chi connectivity index (χ3n) is 1.50. The molecule has 0 aliphatic rings. The van der Waals surface area contributed by atoms with Crippen molar-refractivity contribution in [3.8, 4) is 6.01 Å². The van der Waals surface area contributed by atoms with E-state index in [1.807, 2.05) is 0 Å². The van der Waals surface area contributed by atoms with Crippen LogP contribution in [0.1, 0.15) is 0 Å². The largest absolute Gasteiger partial charge is 0.467 e. The summed E-state index contributed by atoms with van der Waals surface area (Å²) in [5.41, 5.74) is 0. The Morgan fingerprint density at radius 2 is 2.40 bits per heavy atom. The summed E-state index contributed by atoms with van der Waals surface area (Å²) >= 11 is 7.07. The fourth-order valence-electron chi connectivity index (χ4n) is 0.764. The van der Waals surface area contributed by atoms with Crippen molar-refractivity contribution in [2.75, 3.05) is 19.5 Å². The summed E-state index contributed by atoms with van der Waals surface area (Å²) in [6.45, 7) is -0.285. The molecule has 0 aliphatic carbocycles. The second-order valence-electron chi connectivity index (χ2n) is 2.66. The van der Waals surface area contributed by atoms with Crippen LogP contribution >= 0.6 is 23.4 Å². The number of hydrogen-bond donors (Lipinski definition) is 2. The maximum atomic E-state index is 9.15. The molecule has 1 rings (SSSR count). The number of thioether (sulfide) groups is 1. The van der Waals surface area contributed by atoms with E-state index < -0.39 is 6.10 Å². The molecule has 0 radical (unpaired) electrons. The van der Waals surface area contributed by atoms with Crippen LogP contribution < -0.4 is 4.74 Å². The minimum atomic E-state index is -0.785. The van der Waals surface area contributed by atoms with Gasteiger partial charge in [0.2, 0.25) is 0 Å². The zero-order chi connectivity index (χ0) is 11.3. The second kappa shape index (κ2) is 6.12. The van der Waals surface area contributed by atoms with Crippen LogP contribution in [0.25, 0.3) is 0 Å². The number of rotatable bonds is 5. The van der Waals surface area contributed by atoms with E-state index in [1.54, 1.807) is 0 Å². The third-order valence-corrected chi connectivity index (χ3v) is 3.02. The van der Waals surface area contributed by atoms with Crippen molar-refractivity contribution >= 4 is 23.4 Å². The van der Waals surface area contributed by atoms with Crippen LogP contribution in [0.4, 0.5) is 0 Å². The highest BCUT2D eigenvalue weighted by Crippen LogP contribution is 2.26. The zero-order valence-corrected chi connectivity index (χ0v) is 9.62. The fourth-order valence-corrected chi connectivity index (χ4v) is 1.81. The van der Waals surface area contributed by atoms with E-state index in [-0.39, 0.29) is 12.6 Å². The summed E-state index contributed by atoms with van der Waals surface area (Å²) in [5, 5.41) is 18.7. The first kappa shape index (κ1) is 12.5. The van der Waals surface area contributed by atoms with Crippen molar-refractivity contribution in [1.82, 2.24) is 9.97 Å². The van der Waals surface area contributed by atoms with E-state index in [1.165, 1.54) is 25.1 Å². The van der Waals surface area contributed by atoms with Gasteiger partial charge in [-0.3, -0.25) is 0 Å². The van der Waals surface area contributed by atoms with E-state index in [9.17, 15) is 0 Å². The van der Waals surface area contributed by atoms with Gasteiger partial charge in [0, 0.05) is 5.75 Å². The topological polar surface area (TPSA) is 75.5 Å². The predicted octanol–water partition coefficient (Wildman–Crippen LogP) is 0.584. The molecule has 0 saturated carbocycles. The Morgan fingerprint density at radius 3 is 3.00 bits per heavy atom. The molecular formula is C8H11ClN2O3S. The summed E-state index contributed by atoms with van der Waals surface area (Å²) < 4.78 is 4.84. The lowest BCUT2D eigenvalue weighted by atomic mass is 10.4. The Hall–Kier alpha value is -0.560. The molecule has 84 valence electrons. The molecular weight excluding hydrogens is 240 g/mol. The van der Waals surface area contributed by atoms with Crippen LogP contribution in [0.2, 0.25) is 5.02 Å². The Bertz CT molecular complexity index is 327. The van der Waals surface area contributed by atoms with Crippen LogP contribution in [0.3, 0.4) is 0 Å². The monoisotopic (exact) mass is 250 g/mol. The van der Waals surface area contributed by atoms with Crippen molar-refractivity contribution < 1.29 is 14.9 Å². The van der Waals surface area contributed by atoms with Crippen molar-refractivity contribution in [3.05, 3.63) is 11.2 Å². The van der Waals surface area contributed by atoms with Gasteiger partial charge in [-0.05, 0) is 0 Å². The first-order chi connectivity index (χ1) is 7.17. The molecule has 1 aromatic heterocycles. The molecule has 0 aliphatic heterocycles. The molecule has 0 aromatic carbocycles. The first-order valence-electron chi connectivity index (χ1n) is 4.15. The number of aliphatic hydroxyl groups excluding tert-OH is 2. The molecule has 1 unspecified atom stereocenters. The average molecular weight is 251 g/mol. The number of aliphatic hydroxyl groups is 2. The number of nitrogens with zero attached hydrogens (tertiary/aromatic N) is 2. The summed E-state index contributed by atoms with van der Waals surface area (Å²) in [5.74, 6) is 0.316. The number of hydrogen-bond acceptors (Lipinski definition) is 6. The van der Waals surface area contributed by atoms with Gasteiger partial charge in [0.25, 0.3) is 0 Å². The highest BCUT2D eigenvalue weighted by atomic mass is 35.5. The van der Waals surface area contributed by atoms with Gasteiger partial charge < -0.3 is 14.9 Å². The zero-order valence-electron chi connectivity index (χ0n) is 8.05. The molecule has 1 aromatic rings. The highest BCUT2D eigenvalue weighted by Gasteiger charge is 2.09. The van der Waals surface area contributed by atoms with Gasteiger partial charge in [0.05, 0.1) is 31.0 Å². The van der Waals surface area contributed by atoms with E-state index in [4.69, 9.17) is 26.6 Å². The summed E-state index contributed by atoms with van der Waals surface area (Å²) in [6, 6.07) is 0.223. The Kier molecular flexibility index (Phi) is 5.10. The number of ether oxygens (including phenoxy) is 1. The van der Waals surface area contributed by atoms with Crippen molar-refractivity contribution in [1.29, 1.82) is 0 Å². The molecule has 7 heteroatoms. The van der Waals surface area contributed by atoms with E-state index in [0.717, 1.165) is 0 Å². The standard InChI is InChI=1S/C8H11ClN2O3S/c1-14-8-10-2-6(9)7(11-8)15-4-5(13)3-12/h2,5,12-13H,3-4H2,1H3. The Labute approximate surface area is 96.5 Å². The van der Waals surface area contributed by atoms with Crippen molar-refractivity contribution in [2.24, 2.45) is 0 Å². The van der Waals surface area contributed by atoms with Gasteiger partial charge in [0.1, 0.15) is 5.03 Å². The molecule has 5 nitrogen and oxygen atoms in total. The molecule has 1 atom stereocenters. The molecule has 0 fully saturated rings. The van der Waals surface area contributed by atoms with Crippen LogP contribution in [0.5, 0.6) is 6.01 Å². The highest BCUT2D eigenvalue weighted by molar-refractivity contribution is 7.99. The maximum Gasteiger partial charge on any atom is 0.317 e. The Morgan fingerprint density at radius 1 is 1.67 bits per heavy atom. The average Bonchev–Trinajstić information content (AvgIpc) is 2.27. The quantitative estimate of drug-likeness (QED) is 0.588. The molecule has 0 spiro atoms. The number of halogens is 1. The second-order valence-corrected chi connectivity index (χ2v) is 4.07. The smallest absolute Gasteiger partial charge is 0.317 e. The minimum Gasteiger partial charge on any atom is -0.467 e. The molecule has 0 bridgehead atoms.